The van der Waals surface area contributed by atoms with Crippen LogP contribution in [-0.4, -0.2) is 11.7 Å². The molecule has 0 aliphatic heterocycles. The first-order valence-corrected chi connectivity index (χ1v) is 7.46. The Bertz CT molecular complexity index is 499. The molecule has 0 bridgehead atoms. The SMILES string of the molecule is CCC1CCC(CN)(C(O)c2cc(F)c(F)cc2F)CC1. The van der Waals surface area contributed by atoms with E-state index in [0.717, 1.165) is 25.3 Å². The Labute approximate surface area is 123 Å². The van der Waals surface area contributed by atoms with Gasteiger partial charge >= 0.3 is 0 Å². The van der Waals surface area contributed by atoms with Crippen LogP contribution in [0.2, 0.25) is 0 Å². The average molecular weight is 301 g/mol. The number of aliphatic hydroxyl groups is 1. The number of benzene rings is 1. The van der Waals surface area contributed by atoms with Crippen LogP contribution >= 0.6 is 0 Å². The summed E-state index contributed by atoms with van der Waals surface area (Å²) in [7, 11) is 0. The van der Waals surface area contributed by atoms with Crippen molar-refractivity contribution >= 4 is 0 Å². The molecule has 1 aromatic rings. The summed E-state index contributed by atoms with van der Waals surface area (Å²) in [5.74, 6) is -2.74. The summed E-state index contributed by atoms with van der Waals surface area (Å²) in [6.45, 7) is 2.31. The summed E-state index contributed by atoms with van der Waals surface area (Å²) >= 11 is 0. The number of nitrogens with two attached hydrogens (primary N) is 1. The predicted octanol–water partition coefficient (Wildman–Crippen LogP) is 3.68. The van der Waals surface area contributed by atoms with Gasteiger partial charge in [0.1, 0.15) is 5.82 Å². The third kappa shape index (κ3) is 3.09. The lowest BCUT2D eigenvalue weighted by Gasteiger charge is -2.43. The van der Waals surface area contributed by atoms with Gasteiger partial charge in [-0.2, -0.15) is 0 Å². The highest BCUT2D eigenvalue weighted by atomic mass is 19.2. The van der Waals surface area contributed by atoms with E-state index in [1.54, 1.807) is 0 Å². The molecule has 1 unspecified atom stereocenters. The van der Waals surface area contributed by atoms with E-state index in [1.807, 2.05) is 0 Å². The van der Waals surface area contributed by atoms with Gasteiger partial charge in [-0.3, -0.25) is 0 Å². The first-order chi connectivity index (χ1) is 9.93. The van der Waals surface area contributed by atoms with Gasteiger partial charge in [0.25, 0.3) is 0 Å². The molecule has 2 nitrogen and oxygen atoms in total. The minimum atomic E-state index is -1.25. The van der Waals surface area contributed by atoms with Crippen LogP contribution in [0.1, 0.15) is 50.7 Å². The number of hydrogen-bond donors (Lipinski definition) is 2. The fourth-order valence-corrected chi connectivity index (χ4v) is 3.33. The maximum atomic E-state index is 13.9. The van der Waals surface area contributed by atoms with E-state index in [4.69, 9.17) is 5.73 Å². The molecule has 118 valence electrons. The van der Waals surface area contributed by atoms with Gasteiger partial charge in [0.2, 0.25) is 0 Å². The second kappa shape index (κ2) is 6.36. The van der Waals surface area contributed by atoms with Crippen molar-refractivity contribution in [3.63, 3.8) is 0 Å². The Kier molecular flexibility index (Phi) is 4.94. The molecule has 0 heterocycles. The normalized spacial score (nSPS) is 27.6. The van der Waals surface area contributed by atoms with Gasteiger partial charge in [-0.15, -0.1) is 0 Å². The third-order valence-corrected chi connectivity index (χ3v) is 5.00. The quantitative estimate of drug-likeness (QED) is 0.833. The molecule has 3 N–H and O–H groups in total. The lowest BCUT2D eigenvalue weighted by atomic mass is 9.65. The van der Waals surface area contributed by atoms with Crippen molar-refractivity contribution in [3.05, 3.63) is 35.1 Å². The molecule has 2 rings (SSSR count). The molecule has 0 saturated heterocycles. The number of hydrogen-bond acceptors (Lipinski definition) is 2. The van der Waals surface area contributed by atoms with Crippen LogP contribution in [0, 0.1) is 28.8 Å². The Morgan fingerprint density at radius 1 is 1.19 bits per heavy atom. The van der Waals surface area contributed by atoms with Crippen LogP contribution < -0.4 is 5.73 Å². The molecular weight excluding hydrogens is 279 g/mol. The minimum absolute atomic E-state index is 0.197. The molecule has 5 heteroatoms. The highest BCUT2D eigenvalue weighted by molar-refractivity contribution is 5.24. The second-order valence-corrected chi connectivity index (χ2v) is 6.11. The Hall–Kier alpha value is -1.07. The van der Waals surface area contributed by atoms with Gasteiger partial charge in [-0.25, -0.2) is 13.2 Å². The predicted molar refractivity (Wildman–Crippen MR) is 75.0 cm³/mol. The molecule has 21 heavy (non-hydrogen) atoms. The van der Waals surface area contributed by atoms with Crippen molar-refractivity contribution in [2.75, 3.05) is 6.54 Å². The van der Waals surface area contributed by atoms with Crippen LogP contribution in [0.15, 0.2) is 12.1 Å². The maximum absolute atomic E-state index is 13.9. The summed E-state index contributed by atoms with van der Waals surface area (Å²) in [6.07, 6.45) is 3.02. The lowest BCUT2D eigenvalue weighted by Crippen LogP contribution is -2.40. The van der Waals surface area contributed by atoms with E-state index in [9.17, 15) is 18.3 Å². The fraction of sp³-hybridized carbons (Fsp3) is 0.625. The zero-order valence-corrected chi connectivity index (χ0v) is 12.2. The van der Waals surface area contributed by atoms with Crippen molar-refractivity contribution in [1.29, 1.82) is 0 Å². The first kappa shape index (κ1) is 16.3. The van der Waals surface area contributed by atoms with Gasteiger partial charge in [0.15, 0.2) is 11.6 Å². The number of rotatable bonds is 4. The van der Waals surface area contributed by atoms with Gasteiger partial charge < -0.3 is 10.8 Å². The highest BCUT2D eigenvalue weighted by Crippen LogP contribution is 2.48. The molecule has 0 spiro atoms. The Balaban J connectivity index is 2.29. The smallest absolute Gasteiger partial charge is 0.161 e. The third-order valence-electron chi connectivity index (χ3n) is 5.00. The van der Waals surface area contributed by atoms with Gasteiger partial charge in [0.05, 0.1) is 6.10 Å². The molecule has 0 amide bonds. The molecule has 1 saturated carbocycles. The maximum Gasteiger partial charge on any atom is 0.161 e. The van der Waals surface area contributed by atoms with Crippen LogP contribution in [0.3, 0.4) is 0 Å². The zero-order valence-electron chi connectivity index (χ0n) is 12.2. The average Bonchev–Trinajstić information content (AvgIpc) is 2.50. The van der Waals surface area contributed by atoms with Gasteiger partial charge in [-0.1, -0.05) is 13.3 Å². The molecule has 0 radical (unpaired) electrons. The van der Waals surface area contributed by atoms with Crippen LogP contribution in [0.5, 0.6) is 0 Å². The lowest BCUT2D eigenvalue weighted by molar-refractivity contribution is -0.0126. The molecule has 0 aromatic heterocycles. The number of aliphatic hydroxyl groups excluding tert-OH is 1. The van der Waals surface area contributed by atoms with E-state index < -0.39 is 29.0 Å². The molecule has 1 fully saturated rings. The van der Waals surface area contributed by atoms with Crippen LogP contribution in [-0.2, 0) is 0 Å². The molecule has 1 aliphatic carbocycles. The molecule has 1 aromatic carbocycles. The Morgan fingerprint density at radius 3 is 2.29 bits per heavy atom. The van der Waals surface area contributed by atoms with Gasteiger partial charge in [0, 0.05) is 23.6 Å². The van der Waals surface area contributed by atoms with Crippen molar-refractivity contribution in [1.82, 2.24) is 0 Å². The number of halogens is 3. The van der Waals surface area contributed by atoms with E-state index >= 15 is 0 Å². The summed E-state index contributed by atoms with van der Waals surface area (Å²) in [5, 5.41) is 10.5. The van der Waals surface area contributed by atoms with E-state index in [2.05, 4.69) is 6.92 Å². The van der Waals surface area contributed by atoms with Crippen LogP contribution in [0.4, 0.5) is 13.2 Å². The van der Waals surface area contributed by atoms with E-state index in [-0.39, 0.29) is 12.1 Å². The largest absolute Gasteiger partial charge is 0.388 e. The molecule has 1 atom stereocenters. The van der Waals surface area contributed by atoms with Gasteiger partial charge in [-0.05, 0) is 37.7 Å². The monoisotopic (exact) mass is 301 g/mol. The topological polar surface area (TPSA) is 46.2 Å². The van der Waals surface area contributed by atoms with Crippen molar-refractivity contribution in [3.8, 4) is 0 Å². The summed E-state index contributed by atoms with van der Waals surface area (Å²) in [4.78, 5) is 0. The molecule has 1 aliphatic rings. The second-order valence-electron chi connectivity index (χ2n) is 6.11. The van der Waals surface area contributed by atoms with E-state index in [1.165, 1.54) is 0 Å². The van der Waals surface area contributed by atoms with E-state index in [0.29, 0.717) is 24.8 Å². The van der Waals surface area contributed by atoms with Crippen molar-refractivity contribution < 1.29 is 18.3 Å². The Morgan fingerprint density at radius 2 is 1.76 bits per heavy atom. The van der Waals surface area contributed by atoms with Crippen LogP contribution in [0.25, 0.3) is 0 Å². The van der Waals surface area contributed by atoms with Crippen molar-refractivity contribution in [2.24, 2.45) is 17.1 Å². The fourth-order valence-electron chi connectivity index (χ4n) is 3.33. The molecular formula is C16H22F3NO. The zero-order chi connectivity index (χ0) is 15.6. The minimum Gasteiger partial charge on any atom is -0.388 e. The summed E-state index contributed by atoms with van der Waals surface area (Å²) < 4.78 is 40.2. The summed E-state index contributed by atoms with van der Waals surface area (Å²) in [6, 6.07) is 1.23. The van der Waals surface area contributed by atoms with Crippen molar-refractivity contribution in [2.45, 2.75) is 45.1 Å². The first-order valence-electron chi connectivity index (χ1n) is 7.46. The highest BCUT2D eigenvalue weighted by Gasteiger charge is 2.41. The summed E-state index contributed by atoms with van der Waals surface area (Å²) in [5.41, 5.74) is 4.98. The standard InChI is InChI=1S/C16H22F3NO/c1-2-10-3-5-16(9-20,6-4-10)15(21)11-7-13(18)14(19)8-12(11)17/h7-8,10,15,21H,2-6,9,20H2,1H3.